The molecule has 3 atom stereocenters. The molecule has 0 saturated heterocycles. The molecule has 1 aliphatic carbocycles. The molecule has 0 spiro atoms. The molecule has 84 valence electrons. The third-order valence-electron chi connectivity index (χ3n) is 3.61. The van der Waals surface area contributed by atoms with Crippen LogP contribution in [0.5, 0.6) is 0 Å². The van der Waals surface area contributed by atoms with Crippen LogP contribution in [-0.2, 0) is 4.74 Å². The van der Waals surface area contributed by atoms with Crippen molar-refractivity contribution in [2.45, 2.75) is 45.8 Å². The molecular weight excluding hydrogens is 178 g/mol. The van der Waals surface area contributed by atoms with E-state index in [4.69, 9.17) is 9.84 Å². The normalized spacial score (nSPS) is 36.9. The standard InChI is InChI=1S/C11H23NO2/c1-4-11(3)9(12-6-7-13)8-10(11)14-5-2/h9-10,12-13H,4-8H2,1-3H3. The largest absolute Gasteiger partial charge is 0.395 e. The summed E-state index contributed by atoms with van der Waals surface area (Å²) in [6, 6.07) is 0.510. The molecule has 3 unspecified atom stereocenters. The van der Waals surface area contributed by atoms with Gasteiger partial charge in [0.15, 0.2) is 0 Å². The maximum Gasteiger partial charge on any atom is 0.0658 e. The van der Waals surface area contributed by atoms with Crippen molar-refractivity contribution >= 4 is 0 Å². The van der Waals surface area contributed by atoms with Crippen LogP contribution >= 0.6 is 0 Å². The minimum absolute atomic E-state index is 0.218. The first-order valence-corrected chi connectivity index (χ1v) is 5.64. The van der Waals surface area contributed by atoms with Crippen LogP contribution in [0.1, 0.15) is 33.6 Å². The predicted molar refractivity (Wildman–Crippen MR) is 57.3 cm³/mol. The molecule has 1 saturated carbocycles. The Labute approximate surface area is 86.8 Å². The van der Waals surface area contributed by atoms with Gasteiger partial charge < -0.3 is 15.2 Å². The summed E-state index contributed by atoms with van der Waals surface area (Å²) in [5.41, 5.74) is 0.255. The fraction of sp³-hybridized carbons (Fsp3) is 1.00. The van der Waals surface area contributed by atoms with E-state index in [0.29, 0.717) is 18.7 Å². The molecule has 0 aromatic heterocycles. The Morgan fingerprint density at radius 1 is 1.50 bits per heavy atom. The number of aliphatic hydroxyl groups excluding tert-OH is 1. The van der Waals surface area contributed by atoms with E-state index in [1.165, 1.54) is 0 Å². The summed E-state index contributed by atoms with van der Waals surface area (Å²) < 4.78 is 5.69. The van der Waals surface area contributed by atoms with Gasteiger partial charge in [-0.15, -0.1) is 0 Å². The van der Waals surface area contributed by atoms with Crippen molar-refractivity contribution in [3.05, 3.63) is 0 Å². The number of nitrogens with one attached hydrogen (secondary N) is 1. The first-order chi connectivity index (χ1) is 6.69. The van der Waals surface area contributed by atoms with Crippen molar-refractivity contribution in [3.63, 3.8) is 0 Å². The summed E-state index contributed by atoms with van der Waals surface area (Å²) in [5, 5.41) is 12.1. The molecule has 0 bridgehead atoms. The molecule has 1 aliphatic rings. The third kappa shape index (κ3) is 2.10. The second-order valence-electron chi connectivity index (χ2n) is 4.27. The molecule has 0 aliphatic heterocycles. The topological polar surface area (TPSA) is 41.5 Å². The predicted octanol–water partition coefficient (Wildman–Crippen LogP) is 1.16. The van der Waals surface area contributed by atoms with Gasteiger partial charge in [0, 0.05) is 24.6 Å². The van der Waals surface area contributed by atoms with Gasteiger partial charge in [0.25, 0.3) is 0 Å². The lowest BCUT2D eigenvalue weighted by Crippen LogP contribution is -2.62. The Morgan fingerprint density at radius 3 is 2.71 bits per heavy atom. The van der Waals surface area contributed by atoms with Crippen LogP contribution < -0.4 is 5.32 Å². The zero-order valence-electron chi connectivity index (χ0n) is 9.55. The zero-order chi connectivity index (χ0) is 10.6. The second kappa shape index (κ2) is 5.10. The van der Waals surface area contributed by atoms with Gasteiger partial charge in [-0.05, 0) is 19.8 Å². The molecule has 1 rings (SSSR count). The quantitative estimate of drug-likeness (QED) is 0.677. The van der Waals surface area contributed by atoms with Crippen molar-refractivity contribution in [2.75, 3.05) is 19.8 Å². The molecule has 14 heavy (non-hydrogen) atoms. The average molecular weight is 201 g/mol. The first kappa shape index (κ1) is 12.0. The highest BCUT2D eigenvalue weighted by molar-refractivity contribution is 5.04. The van der Waals surface area contributed by atoms with Crippen LogP contribution in [0.25, 0.3) is 0 Å². The summed E-state index contributed by atoms with van der Waals surface area (Å²) in [6.45, 7) is 8.23. The molecule has 0 aromatic rings. The van der Waals surface area contributed by atoms with Crippen molar-refractivity contribution in [1.29, 1.82) is 0 Å². The van der Waals surface area contributed by atoms with Gasteiger partial charge in [-0.2, -0.15) is 0 Å². The SMILES string of the molecule is CCOC1CC(NCCO)C1(C)CC. The highest BCUT2D eigenvalue weighted by Gasteiger charge is 2.50. The summed E-state index contributed by atoms with van der Waals surface area (Å²) in [7, 11) is 0. The van der Waals surface area contributed by atoms with E-state index < -0.39 is 0 Å². The monoisotopic (exact) mass is 201 g/mol. The zero-order valence-corrected chi connectivity index (χ0v) is 9.55. The molecule has 2 N–H and O–H groups in total. The van der Waals surface area contributed by atoms with Gasteiger partial charge in [-0.3, -0.25) is 0 Å². The first-order valence-electron chi connectivity index (χ1n) is 5.64. The average Bonchev–Trinajstić information content (AvgIpc) is 2.21. The van der Waals surface area contributed by atoms with E-state index in [9.17, 15) is 0 Å². The summed E-state index contributed by atoms with van der Waals surface area (Å²) in [4.78, 5) is 0. The fourth-order valence-electron chi connectivity index (χ4n) is 2.31. The minimum atomic E-state index is 0.218. The Kier molecular flexibility index (Phi) is 4.35. The lowest BCUT2D eigenvalue weighted by atomic mass is 9.61. The third-order valence-corrected chi connectivity index (χ3v) is 3.61. The maximum absolute atomic E-state index is 8.75. The van der Waals surface area contributed by atoms with Crippen molar-refractivity contribution in [2.24, 2.45) is 5.41 Å². The van der Waals surface area contributed by atoms with Crippen molar-refractivity contribution in [1.82, 2.24) is 5.32 Å². The fourth-order valence-corrected chi connectivity index (χ4v) is 2.31. The van der Waals surface area contributed by atoms with Crippen LogP contribution in [0, 0.1) is 5.41 Å². The number of ether oxygens (including phenoxy) is 1. The molecule has 1 fully saturated rings. The number of rotatable bonds is 6. The Bertz CT molecular complexity index is 175. The Hall–Kier alpha value is -0.120. The van der Waals surface area contributed by atoms with Gasteiger partial charge in [-0.25, -0.2) is 0 Å². The van der Waals surface area contributed by atoms with Gasteiger partial charge in [0.2, 0.25) is 0 Å². The Balaban J connectivity index is 2.42. The van der Waals surface area contributed by atoms with Crippen molar-refractivity contribution < 1.29 is 9.84 Å². The molecule has 0 radical (unpaired) electrons. The lowest BCUT2D eigenvalue weighted by molar-refractivity contribution is -0.126. The van der Waals surface area contributed by atoms with E-state index >= 15 is 0 Å². The molecule has 0 amide bonds. The molecular formula is C11H23NO2. The van der Waals surface area contributed by atoms with E-state index in [0.717, 1.165) is 19.4 Å². The van der Waals surface area contributed by atoms with E-state index in [1.807, 2.05) is 6.92 Å². The van der Waals surface area contributed by atoms with E-state index in [-0.39, 0.29) is 12.0 Å². The summed E-state index contributed by atoms with van der Waals surface area (Å²) >= 11 is 0. The van der Waals surface area contributed by atoms with Crippen LogP contribution in [0.3, 0.4) is 0 Å². The summed E-state index contributed by atoms with van der Waals surface area (Å²) in [5.74, 6) is 0. The van der Waals surface area contributed by atoms with Gasteiger partial charge in [0.05, 0.1) is 12.7 Å². The van der Waals surface area contributed by atoms with Gasteiger partial charge >= 0.3 is 0 Å². The van der Waals surface area contributed by atoms with Crippen LogP contribution in [0.4, 0.5) is 0 Å². The highest BCUT2D eigenvalue weighted by atomic mass is 16.5. The van der Waals surface area contributed by atoms with Crippen LogP contribution in [0.15, 0.2) is 0 Å². The smallest absolute Gasteiger partial charge is 0.0658 e. The lowest BCUT2D eigenvalue weighted by Gasteiger charge is -2.53. The van der Waals surface area contributed by atoms with E-state index in [2.05, 4.69) is 19.2 Å². The number of hydrogen-bond acceptors (Lipinski definition) is 3. The molecule has 0 heterocycles. The number of aliphatic hydroxyl groups is 1. The second-order valence-corrected chi connectivity index (χ2v) is 4.27. The Morgan fingerprint density at radius 2 is 2.21 bits per heavy atom. The van der Waals surface area contributed by atoms with Crippen molar-refractivity contribution in [3.8, 4) is 0 Å². The molecule has 3 heteroatoms. The van der Waals surface area contributed by atoms with Gasteiger partial charge in [-0.1, -0.05) is 13.8 Å². The summed E-state index contributed by atoms with van der Waals surface area (Å²) in [6.07, 6.45) is 2.60. The minimum Gasteiger partial charge on any atom is -0.395 e. The molecule has 3 nitrogen and oxygen atoms in total. The molecule has 0 aromatic carbocycles. The van der Waals surface area contributed by atoms with E-state index in [1.54, 1.807) is 0 Å². The highest BCUT2D eigenvalue weighted by Crippen LogP contribution is 2.45. The van der Waals surface area contributed by atoms with Crippen LogP contribution in [-0.4, -0.2) is 37.0 Å². The maximum atomic E-state index is 8.75. The van der Waals surface area contributed by atoms with Gasteiger partial charge in [0.1, 0.15) is 0 Å². The number of hydrogen-bond donors (Lipinski definition) is 2. The van der Waals surface area contributed by atoms with Crippen LogP contribution in [0.2, 0.25) is 0 Å².